The average Bonchev–Trinajstić information content (AvgIpc) is 2.82. The molecule has 2 amide bonds. The number of nitrogens with one attached hydrogen (secondary N) is 1. The minimum Gasteiger partial charge on any atom is -0.295 e. The third kappa shape index (κ3) is 1.73. The summed E-state index contributed by atoms with van der Waals surface area (Å²) in [6.45, 7) is 0.489. The van der Waals surface area contributed by atoms with Crippen LogP contribution in [0.25, 0.3) is 0 Å². The molecule has 0 saturated carbocycles. The first-order valence-corrected chi connectivity index (χ1v) is 5.98. The summed E-state index contributed by atoms with van der Waals surface area (Å²) in [4.78, 5) is 23.2. The highest BCUT2D eigenvalue weighted by Crippen LogP contribution is 2.40. The van der Waals surface area contributed by atoms with Crippen LogP contribution in [0.2, 0.25) is 0 Å². The lowest BCUT2D eigenvalue weighted by Gasteiger charge is -2.17. The topological polar surface area (TPSA) is 49.4 Å². The predicted octanol–water partition coefficient (Wildman–Crippen LogP) is 1.06. The van der Waals surface area contributed by atoms with E-state index in [1.165, 1.54) is 18.0 Å². The summed E-state index contributed by atoms with van der Waals surface area (Å²) in [6.07, 6.45) is 0.154. The number of rotatable bonds is 1. The van der Waals surface area contributed by atoms with E-state index < -0.39 is 6.04 Å². The van der Waals surface area contributed by atoms with Crippen LogP contribution in [0.1, 0.15) is 12.0 Å². The van der Waals surface area contributed by atoms with Gasteiger partial charge in [0.15, 0.2) is 0 Å². The lowest BCUT2D eigenvalue weighted by atomic mass is 10.2. The number of hydrogen-bond acceptors (Lipinski definition) is 4. The number of amides is 2. The van der Waals surface area contributed by atoms with Gasteiger partial charge in [-0.3, -0.25) is 14.9 Å². The number of benzene rings is 1. The maximum Gasteiger partial charge on any atom is 0.245 e. The zero-order chi connectivity index (χ0) is 12.0. The minimum atomic E-state index is -0.487. The van der Waals surface area contributed by atoms with Crippen molar-refractivity contribution < 1.29 is 14.0 Å². The average molecular weight is 252 g/mol. The van der Waals surface area contributed by atoms with Gasteiger partial charge in [0.05, 0.1) is 11.3 Å². The molecule has 3 rings (SSSR count). The number of halogens is 1. The Morgan fingerprint density at radius 2 is 2.24 bits per heavy atom. The van der Waals surface area contributed by atoms with E-state index in [-0.39, 0.29) is 24.1 Å². The molecule has 1 saturated heterocycles. The van der Waals surface area contributed by atoms with Gasteiger partial charge in [-0.15, -0.1) is 0 Å². The molecule has 1 fully saturated rings. The third-order valence-electron chi connectivity index (χ3n) is 2.87. The molecule has 0 bridgehead atoms. The Morgan fingerprint density at radius 3 is 2.88 bits per heavy atom. The minimum absolute atomic E-state index is 0.154. The van der Waals surface area contributed by atoms with E-state index >= 15 is 0 Å². The molecule has 1 aromatic carbocycles. The van der Waals surface area contributed by atoms with Crippen LogP contribution < -0.4 is 5.32 Å². The zero-order valence-corrected chi connectivity index (χ0v) is 9.59. The summed E-state index contributed by atoms with van der Waals surface area (Å²) in [7, 11) is 0. The van der Waals surface area contributed by atoms with Gasteiger partial charge < -0.3 is 0 Å². The maximum absolute atomic E-state index is 13.5. The first kappa shape index (κ1) is 10.7. The fourth-order valence-corrected chi connectivity index (χ4v) is 3.18. The summed E-state index contributed by atoms with van der Waals surface area (Å²) in [6, 6.07) is 4.40. The second kappa shape index (κ2) is 3.82. The fourth-order valence-electron chi connectivity index (χ4n) is 2.04. The van der Waals surface area contributed by atoms with Crippen molar-refractivity contribution in [2.45, 2.75) is 23.9 Å². The Labute approximate surface area is 101 Å². The van der Waals surface area contributed by atoms with Gasteiger partial charge in [-0.1, -0.05) is 12.1 Å². The summed E-state index contributed by atoms with van der Waals surface area (Å²) >= 11 is 1.21. The lowest BCUT2D eigenvalue weighted by Crippen LogP contribution is -2.34. The quantitative estimate of drug-likeness (QED) is 0.600. The van der Waals surface area contributed by atoms with Crippen LogP contribution in [0.5, 0.6) is 0 Å². The zero-order valence-electron chi connectivity index (χ0n) is 8.77. The largest absolute Gasteiger partial charge is 0.295 e. The molecule has 2 aliphatic heterocycles. The molecule has 17 heavy (non-hydrogen) atoms. The normalized spacial score (nSPS) is 23.9. The third-order valence-corrected chi connectivity index (χ3v) is 4.13. The van der Waals surface area contributed by atoms with Crippen LogP contribution >= 0.6 is 11.9 Å². The second-order valence-electron chi connectivity index (χ2n) is 4.03. The van der Waals surface area contributed by atoms with Crippen molar-refractivity contribution in [1.82, 2.24) is 9.62 Å². The second-order valence-corrected chi connectivity index (χ2v) is 5.09. The molecular formula is C11H9FN2O2S. The van der Waals surface area contributed by atoms with Crippen molar-refractivity contribution in [3.63, 3.8) is 0 Å². The van der Waals surface area contributed by atoms with Gasteiger partial charge in [0.1, 0.15) is 11.9 Å². The van der Waals surface area contributed by atoms with E-state index in [0.717, 1.165) is 5.56 Å². The Bertz CT molecular complexity index is 520. The molecule has 0 spiro atoms. The molecular weight excluding hydrogens is 243 g/mol. The van der Waals surface area contributed by atoms with Gasteiger partial charge in [0.2, 0.25) is 11.8 Å². The summed E-state index contributed by atoms with van der Waals surface area (Å²) in [5, 5.41) is 2.26. The van der Waals surface area contributed by atoms with E-state index in [1.54, 1.807) is 10.4 Å². The maximum atomic E-state index is 13.5. The van der Waals surface area contributed by atoms with Crippen molar-refractivity contribution in [2.24, 2.45) is 0 Å². The van der Waals surface area contributed by atoms with Crippen LogP contribution in [0.4, 0.5) is 4.39 Å². The van der Waals surface area contributed by atoms with Gasteiger partial charge in [-0.2, -0.15) is 0 Å². The number of imide groups is 1. The molecule has 88 valence electrons. The highest BCUT2D eigenvalue weighted by Gasteiger charge is 2.39. The Balaban J connectivity index is 1.85. The molecule has 0 radical (unpaired) electrons. The number of carbonyl (C=O) groups excluding carboxylic acids is 2. The van der Waals surface area contributed by atoms with Gasteiger partial charge >= 0.3 is 0 Å². The van der Waals surface area contributed by atoms with E-state index in [0.29, 0.717) is 11.4 Å². The van der Waals surface area contributed by atoms with Crippen LogP contribution in [-0.2, 0) is 16.1 Å². The van der Waals surface area contributed by atoms with Crippen molar-refractivity contribution in [2.75, 3.05) is 0 Å². The van der Waals surface area contributed by atoms with Gasteiger partial charge in [0.25, 0.3) is 0 Å². The SMILES string of the molecule is O=C1CC(N2Cc3cccc(F)c3S2)C(=O)N1. The van der Waals surface area contributed by atoms with Crippen molar-refractivity contribution in [3.8, 4) is 0 Å². The van der Waals surface area contributed by atoms with E-state index in [1.807, 2.05) is 6.07 Å². The van der Waals surface area contributed by atoms with Crippen molar-refractivity contribution >= 4 is 23.8 Å². The van der Waals surface area contributed by atoms with Gasteiger partial charge in [0, 0.05) is 6.54 Å². The Kier molecular flexibility index (Phi) is 2.41. The first-order valence-electron chi connectivity index (χ1n) is 5.21. The molecule has 1 unspecified atom stereocenters. The fraction of sp³-hybridized carbons (Fsp3) is 0.273. The van der Waals surface area contributed by atoms with Crippen LogP contribution in [0.15, 0.2) is 23.1 Å². The lowest BCUT2D eigenvalue weighted by molar-refractivity contribution is -0.125. The smallest absolute Gasteiger partial charge is 0.245 e. The van der Waals surface area contributed by atoms with Crippen molar-refractivity contribution in [3.05, 3.63) is 29.6 Å². The Hall–Kier alpha value is -1.40. The molecule has 1 aromatic rings. The summed E-state index contributed by atoms with van der Waals surface area (Å²) in [5.41, 5.74) is 0.863. The molecule has 6 heteroatoms. The number of hydrogen-bond donors (Lipinski definition) is 1. The monoisotopic (exact) mass is 252 g/mol. The van der Waals surface area contributed by atoms with Crippen LogP contribution in [0.3, 0.4) is 0 Å². The number of carbonyl (C=O) groups is 2. The van der Waals surface area contributed by atoms with Crippen LogP contribution in [-0.4, -0.2) is 22.2 Å². The number of nitrogens with zero attached hydrogens (tertiary/aromatic N) is 1. The van der Waals surface area contributed by atoms with Crippen molar-refractivity contribution in [1.29, 1.82) is 0 Å². The highest BCUT2D eigenvalue weighted by atomic mass is 32.2. The van der Waals surface area contributed by atoms with E-state index in [4.69, 9.17) is 0 Å². The van der Waals surface area contributed by atoms with E-state index in [2.05, 4.69) is 5.32 Å². The molecule has 1 atom stereocenters. The molecule has 1 N–H and O–H groups in total. The molecule has 4 nitrogen and oxygen atoms in total. The number of fused-ring (bicyclic) bond motifs is 1. The molecule has 2 heterocycles. The standard InChI is InChI=1S/C11H9FN2O2S/c12-7-3-1-2-6-5-14(17-10(6)7)8-4-9(15)13-11(8)16/h1-3,8H,4-5H2,(H,13,15,16). The predicted molar refractivity (Wildman–Crippen MR) is 59.4 cm³/mol. The molecule has 2 aliphatic rings. The molecule has 0 aromatic heterocycles. The van der Waals surface area contributed by atoms with E-state index in [9.17, 15) is 14.0 Å². The van der Waals surface area contributed by atoms with Gasteiger partial charge in [-0.25, -0.2) is 8.70 Å². The van der Waals surface area contributed by atoms with Gasteiger partial charge in [-0.05, 0) is 23.6 Å². The summed E-state index contributed by atoms with van der Waals surface area (Å²) < 4.78 is 15.3. The molecule has 0 aliphatic carbocycles. The highest BCUT2D eigenvalue weighted by molar-refractivity contribution is 7.97. The Morgan fingerprint density at radius 1 is 1.41 bits per heavy atom. The summed E-state index contributed by atoms with van der Waals surface area (Å²) in [5.74, 6) is -0.840. The van der Waals surface area contributed by atoms with Crippen LogP contribution in [0, 0.1) is 5.82 Å². The first-order chi connectivity index (χ1) is 8.15.